The maximum absolute atomic E-state index is 5.97. The van der Waals surface area contributed by atoms with E-state index in [9.17, 15) is 0 Å². The van der Waals surface area contributed by atoms with E-state index in [0.717, 1.165) is 22.3 Å². The predicted octanol–water partition coefficient (Wildman–Crippen LogP) is 3.83. The molecule has 0 saturated carbocycles. The highest BCUT2D eigenvalue weighted by Crippen LogP contribution is 2.40. The summed E-state index contributed by atoms with van der Waals surface area (Å²) in [5.41, 5.74) is 2.31. The van der Waals surface area contributed by atoms with Crippen LogP contribution in [0.3, 0.4) is 0 Å². The minimum absolute atomic E-state index is 0.852. The van der Waals surface area contributed by atoms with Crippen LogP contribution in [0.25, 0.3) is 22.5 Å². The molecule has 2 aliphatic heterocycles. The molecule has 100 valence electrons. The predicted molar refractivity (Wildman–Crippen MR) is 84.9 cm³/mol. The Hall–Kier alpha value is -2.59. The van der Waals surface area contributed by atoms with E-state index in [-0.39, 0.29) is 0 Å². The smallest absolute Gasteiger partial charge is 0.273 e. The zero-order valence-electron chi connectivity index (χ0n) is 11.1. The van der Waals surface area contributed by atoms with Crippen molar-refractivity contribution in [2.45, 2.75) is 0 Å². The van der Waals surface area contributed by atoms with Crippen LogP contribution in [0.15, 0.2) is 60.6 Å². The van der Waals surface area contributed by atoms with Crippen LogP contribution >= 0.6 is 11.3 Å². The quantitative estimate of drug-likeness (QED) is 0.585. The van der Waals surface area contributed by atoms with Gasteiger partial charge in [-0.15, -0.1) is 4.57 Å². The lowest BCUT2D eigenvalue weighted by molar-refractivity contribution is -0.535. The Morgan fingerprint density at radius 3 is 2.86 bits per heavy atom. The number of rotatable bonds is 0. The van der Waals surface area contributed by atoms with Gasteiger partial charge < -0.3 is 4.74 Å². The second-order valence-corrected chi connectivity index (χ2v) is 6.06. The van der Waals surface area contributed by atoms with Crippen LogP contribution in [0.4, 0.5) is 5.69 Å². The van der Waals surface area contributed by atoms with Crippen LogP contribution < -0.4 is 14.2 Å². The molecule has 3 heterocycles. The van der Waals surface area contributed by atoms with E-state index in [1.54, 1.807) is 11.3 Å². The summed E-state index contributed by atoms with van der Waals surface area (Å²) < 4.78 is 9.45. The van der Waals surface area contributed by atoms with Crippen molar-refractivity contribution < 1.29 is 9.30 Å². The summed E-state index contributed by atoms with van der Waals surface area (Å²) in [5, 5.41) is 1.16. The second-order valence-electron chi connectivity index (χ2n) is 5.00. The van der Waals surface area contributed by atoms with Crippen molar-refractivity contribution in [3.63, 3.8) is 0 Å². The average Bonchev–Trinajstić information content (AvgIpc) is 2.98. The molecule has 21 heavy (non-hydrogen) atoms. The van der Waals surface area contributed by atoms with Crippen LogP contribution in [0.5, 0.6) is 5.75 Å². The van der Waals surface area contributed by atoms with Gasteiger partial charge in [0, 0.05) is 6.07 Å². The number of hydrogen-bond acceptors (Lipinski definition) is 3. The number of ether oxygens (including phenoxy) is 1. The van der Waals surface area contributed by atoms with Crippen molar-refractivity contribution in [1.29, 1.82) is 0 Å². The molecule has 0 spiro atoms. The number of para-hydroxylation sites is 3. The summed E-state index contributed by atoms with van der Waals surface area (Å²) in [4.78, 5) is 2.09. The third-order valence-corrected chi connectivity index (χ3v) is 4.85. The van der Waals surface area contributed by atoms with E-state index in [1.165, 1.54) is 10.2 Å². The zero-order chi connectivity index (χ0) is 13.8. The third-order valence-electron chi connectivity index (χ3n) is 3.77. The Labute approximate surface area is 125 Å². The summed E-state index contributed by atoms with van der Waals surface area (Å²) in [6.07, 6.45) is 6.26. The molecule has 4 heteroatoms. The van der Waals surface area contributed by atoms with Crippen molar-refractivity contribution >= 4 is 39.5 Å². The molecule has 0 atom stereocenters. The molecule has 0 aliphatic carbocycles. The SMILES string of the molecule is C1=C[n+]2c(sc3ccccc32)C=C2Oc3ccccc3N12. The first-order valence-electron chi connectivity index (χ1n) is 6.79. The van der Waals surface area contributed by atoms with E-state index in [1.807, 2.05) is 18.2 Å². The van der Waals surface area contributed by atoms with Crippen LogP contribution in [-0.2, 0) is 0 Å². The Bertz CT molecular complexity index is 939. The molecular weight excluding hydrogens is 280 g/mol. The van der Waals surface area contributed by atoms with E-state index in [4.69, 9.17) is 4.74 Å². The molecule has 0 bridgehead atoms. The fraction of sp³-hybridized carbons (Fsp3) is 0. The molecule has 0 N–H and O–H groups in total. The van der Waals surface area contributed by atoms with Crippen LogP contribution in [-0.4, -0.2) is 0 Å². The van der Waals surface area contributed by atoms with Crippen molar-refractivity contribution in [2.24, 2.45) is 0 Å². The number of anilines is 1. The second kappa shape index (κ2) is 3.96. The van der Waals surface area contributed by atoms with Gasteiger partial charge in [-0.1, -0.05) is 35.6 Å². The largest absolute Gasteiger partial charge is 0.438 e. The minimum atomic E-state index is 0.852. The number of hydrogen-bond donors (Lipinski definition) is 0. The van der Waals surface area contributed by atoms with Gasteiger partial charge in [0.1, 0.15) is 4.70 Å². The van der Waals surface area contributed by atoms with Gasteiger partial charge in [-0.2, -0.15) is 0 Å². The number of nitrogens with zero attached hydrogens (tertiary/aromatic N) is 2. The van der Waals surface area contributed by atoms with Gasteiger partial charge in [0.25, 0.3) is 5.01 Å². The Morgan fingerprint density at radius 1 is 1.00 bits per heavy atom. The Balaban J connectivity index is 1.74. The lowest BCUT2D eigenvalue weighted by Crippen LogP contribution is -2.26. The zero-order valence-corrected chi connectivity index (χ0v) is 11.9. The molecule has 3 aromatic rings. The first kappa shape index (κ1) is 11.1. The van der Waals surface area contributed by atoms with Gasteiger partial charge in [0.2, 0.25) is 11.4 Å². The molecular formula is C17H11N2OS+. The first-order valence-corrected chi connectivity index (χ1v) is 7.61. The van der Waals surface area contributed by atoms with Crippen molar-refractivity contribution in [1.82, 2.24) is 0 Å². The van der Waals surface area contributed by atoms with Crippen molar-refractivity contribution in [2.75, 3.05) is 4.90 Å². The van der Waals surface area contributed by atoms with E-state index < -0.39 is 0 Å². The lowest BCUT2D eigenvalue weighted by Gasteiger charge is -2.08. The van der Waals surface area contributed by atoms with Crippen molar-refractivity contribution in [3.05, 3.63) is 65.6 Å². The van der Waals surface area contributed by atoms with Gasteiger partial charge in [-0.05, 0) is 18.2 Å². The van der Waals surface area contributed by atoms with E-state index >= 15 is 0 Å². The molecule has 5 rings (SSSR count). The van der Waals surface area contributed by atoms with Crippen LogP contribution in [0.1, 0.15) is 5.01 Å². The molecule has 2 aliphatic rings. The summed E-state index contributed by atoms with van der Waals surface area (Å²) in [5.74, 6) is 1.76. The summed E-state index contributed by atoms with van der Waals surface area (Å²) in [6, 6.07) is 16.5. The monoisotopic (exact) mass is 291 g/mol. The van der Waals surface area contributed by atoms with Crippen LogP contribution in [0.2, 0.25) is 0 Å². The molecule has 0 saturated heterocycles. The normalized spacial score (nSPS) is 15.0. The van der Waals surface area contributed by atoms with E-state index in [2.05, 4.69) is 58.3 Å². The molecule has 2 aromatic carbocycles. The molecule has 0 unspecified atom stereocenters. The summed E-state index contributed by atoms with van der Waals surface area (Å²) in [7, 11) is 0. The highest BCUT2D eigenvalue weighted by atomic mass is 32.1. The third kappa shape index (κ3) is 1.51. The Morgan fingerprint density at radius 2 is 1.86 bits per heavy atom. The molecule has 0 amide bonds. The van der Waals surface area contributed by atoms with E-state index in [0.29, 0.717) is 0 Å². The number of aromatic nitrogens is 1. The van der Waals surface area contributed by atoms with Gasteiger partial charge in [-0.3, -0.25) is 4.90 Å². The maximum Gasteiger partial charge on any atom is 0.273 e. The first-order chi connectivity index (χ1) is 10.4. The van der Waals surface area contributed by atoms with Gasteiger partial charge in [-0.25, -0.2) is 0 Å². The standard InChI is InChI=1S/C17H11N2OS/c1-3-7-14-12(5-1)18-9-10-19-13-6-2-4-8-15(13)21-17(19)11-16(18)20-14/h1-11H/q+1. The average molecular weight is 291 g/mol. The highest BCUT2D eigenvalue weighted by Gasteiger charge is 2.30. The lowest BCUT2D eigenvalue weighted by atomic mass is 10.3. The van der Waals surface area contributed by atoms with Gasteiger partial charge in [0.15, 0.2) is 11.9 Å². The molecule has 0 fully saturated rings. The summed E-state index contributed by atoms with van der Waals surface area (Å²) in [6.45, 7) is 0. The van der Waals surface area contributed by atoms with Gasteiger partial charge >= 0.3 is 0 Å². The maximum atomic E-state index is 5.97. The minimum Gasteiger partial charge on any atom is -0.438 e. The molecule has 1 aromatic heterocycles. The van der Waals surface area contributed by atoms with Crippen molar-refractivity contribution in [3.8, 4) is 5.75 Å². The number of thiazole rings is 1. The summed E-state index contributed by atoms with van der Waals surface area (Å²) >= 11 is 1.77. The Kier molecular flexibility index (Phi) is 2.10. The fourth-order valence-corrected chi connectivity index (χ4v) is 3.85. The van der Waals surface area contributed by atoms with Crippen LogP contribution in [0, 0.1) is 0 Å². The van der Waals surface area contributed by atoms with Gasteiger partial charge in [0.05, 0.1) is 18.0 Å². The molecule has 3 nitrogen and oxygen atoms in total. The topological polar surface area (TPSA) is 16.4 Å². The highest BCUT2D eigenvalue weighted by molar-refractivity contribution is 7.18. The molecule has 0 radical (unpaired) electrons. The number of fused-ring (bicyclic) bond motifs is 6. The fourth-order valence-electron chi connectivity index (χ4n) is 2.79. The number of benzene rings is 2.